The fourth-order valence-electron chi connectivity index (χ4n) is 3.31. The van der Waals surface area contributed by atoms with E-state index in [1.54, 1.807) is 24.5 Å². The number of aromatic nitrogens is 3. The van der Waals surface area contributed by atoms with Crippen molar-refractivity contribution in [1.82, 2.24) is 19.5 Å². The molecular formula is C18H17N5O5S. The fourth-order valence-corrected chi connectivity index (χ4v) is 5.08. The molecule has 10 nitrogen and oxygen atoms in total. The Morgan fingerprint density at radius 2 is 1.86 bits per heavy atom. The summed E-state index contributed by atoms with van der Waals surface area (Å²) in [5.41, 5.74) is 1.10. The Bertz CT molecular complexity index is 1120. The van der Waals surface area contributed by atoms with E-state index in [0.717, 1.165) is 0 Å². The van der Waals surface area contributed by atoms with E-state index in [1.807, 2.05) is 0 Å². The van der Waals surface area contributed by atoms with Gasteiger partial charge in [0.15, 0.2) is 0 Å². The Labute approximate surface area is 166 Å². The largest absolute Gasteiger partial charge is 0.419 e. The number of nitro benzene ring substituents is 1. The molecule has 0 spiro atoms. The Balaban J connectivity index is 1.54. The van der Waals surface area contributed by atoms with Gasteiger partial charge in [0.2, 0.25) is 21.8 Å². The molecule has 2 aromatic heterocycles. The second-order valence-corrected chi connectivity index (χ2v) is 8.55. The molecule has 0 bridgehead atoms. The van der Waals surface area contributed by atoms with Crippen LogP contribution in [0.3, 0.4) is 0 Å². The lowest BCUT2D eigenvalue weighted by atomic mass is 10.2. The molecule has 11 heteroatoms. The number of nitrogens with zero attached hydrogens (tertiary/aromatic N) is 5. The number of sulfonamides is 1. The lowest BCUT2D eigenvalue weighted by Crippen LogP contribution is -2.31. The van der Waals surface area contributed by atoms with Crippen molar-refractivity contribution in [3.05, 3.63) is 70.4 Å². The average molecular weight is 415 g/mol. The van der Waals surface area contributed by atoms with Crippen molar-refractivity contribution in [2.45, 2.75) is 24.6 Å². The minimum absolute atomic E-state index is 0.0836. The highest BCUT2D eigenvalue weighted by atomic mass is 32.2. The predicted molar refractivity (Wildman–Crippen MR) is 102 cm³/mol. The van der Waals surface area contributed by atoms with Crippen molar-refractivity contribution in [2.75, 3.05) is 6.54 Å². The van der Waals surface area contributed by atoms with Crippen LogP contribution >= 0.6 is 0 Å². The molecule has 0 amide bonds. The SMILES string of the molecule is O=[N+]([O-])c1ccc(CS(=O)(=O)N2CCCC2c2nnc(-c3ccncc3)o2)cc1. The zero-order chi connectivity index (χ0) is 20.4. The summed E-state index contributed by atoms with van der Waals surface area (Å²) in [7, 11) is -3.67. The Morgan fingerprint density at radius 3 is 2.55 bits per heavy atom. The van der Waals surface area contributed by atoms with Crippen molar-refractivity contribution < 1.29 is 17.8 Å². The van der Waals surface area contributed by atoms with Crippen LogP contribution in [0.15, 0.2) is 53.2 Å². The van der Waals surface area contributed by atoms with Gasteiger partial charge >= 0.3 is 0 Å². The molecule has 0 N–H and O–H groups in total. The summed E-state index contributed by atoms with van der Waals surface area (Å²) in [5, 5.41) is 18.8. The summed E-state index contributed by atoms with van der Waals surface area (Å²) in [6, 6.07) is 8.44. The van der Waals surface area contributed by atoms with Crippen molar-refractivity contribution >= 4 is 15.7 Å². The molecule has 1 aliphatic rings. The monoisotopic (exact) mass is 415 g/mol. The third-order valence-corrected chi connectivity index (χ3v) is 6.56. The van der Waals surface area contributed by atoms with Crippen LogP contribution < -0.4 is 0 Å². The van der Waals surface area contributed by atoms with Gasteiger partial charge in [-0.25, -0.2) is 8.42 Å². The van der Waals surface area contributed by atoms with E-state index < -0.39 is 21.0 Å². The van der Waals surface area contributed by atoms with Gasteiger partial charge in [0.05, 0.1) is 10.7 Å². The number of hydrogen-bond donors (Lipinski definition) is 0. The lowest BCUT2D eigenvalue weighted by molar-refractivity contribution is -0.384. The molecule has 4 rings (SSSR count). The Morgan fingerprint density at radius 1 is 1.14 bits per heavy atom. The Kier molecular flexibility index (Phi) is 5.07. The van der Waals surface area contributed by atoms with Crippen LogP contribution in [0.4, 0.5) is 5.69 Å². The average Bonchev–Trinajstić information content (AvgIpc) is 3.38. The summed E-state index contributed by atoms with van der Waals surface area (Å²) in [6.07, 6.45) is 4.47. The standard InChI is InChI=1S/C18H17N5O5S/c24-23(25)15-5-3-13(4-6-15)12-29(26,27)22-11-1-2-16(22)18-21-20-17(28-18)14-7-9-19-10-8-14/h3-10,16H,1-2,11-12H2. The number of hydrogen-bond acceptors (Lipinski definition) is 8. The van der Waals surface area contributed by atoms with Crippen molar-refractivity contribution in [3.63, 3.8) is 0 Å². The van der Waals surface area contributed by atoms with Gasteiger partial charge in [-0.15, -0.1) is 10.2 Å². The molecule has 1 aliphatic heterocycles. The summed E-state index contributed by atoms with van der Waals surface area (Å²) in [6.45, 7) is 0.354. The van der Waals surface area contributed by atoms with E-state index in [1.165, 1.54) is 28.6 Å². The maximum atomic E-state index is 13.0. The third-order valence-electron chi connectivity index (χ3n) is 4.71. The van der Waals surface area contributed by atoms with E-state index in [-0.39, 0.29) is 17.3 Å². The van der Waals surface area contributed by atoms with Crippen LogP contribution in [0.25, 0.3) is 11.5 Å². The van der Waals surface area contributed by atoms with Crippen LogP contribution in [0.2, 0.25) is 0 Å². The van der Waals surface area contributed by atoms with Gasteiger partial charge in [0.25, 0.3) is 5.69 Å². The topological polar surface area (TPSA) is 132 Å². The maximum Gasteiger partial charge on any atom is 0.269 e. The van der Waals surface area contributed by atoms with Crippen LogP contribution in [-0.2, 0) is 15.8 Å². The van der Waals surface area contributed by atoms with Crippen molar-refractivity contribution in [1.29, 1.82) is 0 Å². The summed E-state index contributed by atoms with van der Waals surface area (Å²) >= 11 is 0. The molecule has 0 saturated carbocycles. The van der Waals surface area contributed by atoms with Gasteiger partial charge in [-0.1, -0.05) is 12.1 Å². The first-order valence-corrected chi connectivity index (χ1v) is 10.5. The number of rotatable bonds is 6. The molecule has 0 radical (unpaired) electrons. The maximum absolute atomic E-state index is 13.0. The highest BCUT2D eigenvalue weighted by Crippen LogP contribution is 2.35. The first-order valence-electron chi connectivity index (χ1n) is 8.91. The number of nitro groups is 1. The lowest BCUT2D eigenvalue weighted by Gasteiger charge is -2.21. The zero-order valence-corrected chi connectivity index (χ0v) is 16.0. The van der Waals surface area contributed by atoms with Gasteiger partial charge in [-0.2, -0.15) is 4.31 Å². The second-order valence-electron chi connectivity index (χ2n) is 6.63. The minimum atomic E-state index is -3.67. The molecule has 1 saturated heterocycles. The molecular weight excluding hydrogens is 398 g/mol. The quantitative estimate of drug-likeness (QED) is 0.443. The Hall–Kier alpha value is -3.18. The molecule has 1 atom stereocenters. The van der Waals surface area contributed by atoms with Crippen LogP contribution in [-0.4, -0.2) is 39.4 Å². The highest BCUT2D eigenvalue weighted by molar-refractivity contribution is 7.88. The van der Waals surface area contributed by atoms with Crippen molar-refractivity contribution in [2.24, 2.45) is 0 Å². The molecule has 1 aromatic carbocycles. The smallest absolute Gasteiger partial charge is 0.269 e. The van der Waals surface area contributed by atoms with Crippen molar-refractivity contribution in [3.8, 4) is 11.5 Å². The number of benzene rings is 1. The van der Waals surface area contributed by atoms with E-state index in [2.05, 4.69) is 15.2 Å². The highest BCUT2D eigenvalue weighted by Gasteiger charge is 2.38. The van der Waals surface area contributed by atoms with Crippen LogP contribution in [0, 0.1) is 10.1 Å². The molecule has 0 aliphatic carbocycles. The van der Waals surface area contributed by atoms with Crippen LogP contribution in [0.1, 0.15) is 30.3 Å². The third kappa shape index (κ3) is 4.00. The second kappa shape index (κ2) is 7.68. The molecule has 3 aromatic rings. The first-order chi connectivity index (χ1) is 13.9. The summed E-state index contributed by atoms with van der Waals surface area (Å²) < 4.78 is 33.1. The molecule has 150 valence electrons. The molecule has 1 fully saturated rings. The fraction of sp³-hybridized carbons (Fsp3) is 0.278. The first kappa shape index (κ1) is 19.2. The van der Waals surface area contributed by atoms with E-state index in [4.69, 9.17) is 4.42 Å². The van der Waals surface area contributed by atoms with Gasteiger partial charge < -0.3 is 4.42 Å². The minimum Gasteiger partial charge on any atom is -0.419 e. The molecule has 3 heterocycles. The summed E-state index contributed by atoms with van der Waals surface area (Å²) in [5.74, 6) is 0.302. The van der Waals surface area contributed by atoms with Gasteiger partial charge in [-0.3, -0.25) is 15.1 Å². The molecule has 29 heavy (non-hydrogen) atoms. The van der Waals surface area contributed by atoms with E-state index in [9.17, 15) is 18.5 Å². The van der Waals surface area contributed by atoms with E-state index in [0.29, 0.717) is 36.4 Å². The van der Waals surface area contributed by atoms with E-state index >= 15 is 0 Å². The van der Waals surface area contributed by atoms with Gasteiger partial charge in [-0.05, 0) is 30.5 Å². The van der Waals surface area contributed by atoms with Crippen LogP contribution in [0.5, 0.6) is 0 Å². The number of non-ortho nitro benzene ring substituents is 1. The van der Waals surface area contributed by atoms with Gasteiger partial charge in [0, 0.05) is 36.6 Å². The molecule has 1 unspecified atom stereocenters. The van der Waals surface area contributed by atoms with Gasteiger partial charge in [0.1, 0.15) is 6.04 Å². The number of pyridine rings is 1. The predicted octanol–water partition coefficient (Wildman–Crippen LogP) is 2.71. The summed E-state index contributed by atoms with van der Waals surface area (Å²) in [4.78, 5) is 14.2. The zero-order valence-electron chi connectivity index (χ0n) is 15.2. The normalized spacial score (nSPS) is 17.4.